The fourth-order valence-corrected chi connectivity index (χ4v) is 7.84. The molecule has 6 atom stereocenters. The lowest BCUT2D eigenvalue weighted by molar-refractivity contribution is -0.139. The average Bonchev–Trinajstić information content (AvgIpc) is 3.60. The van der Waals surface area contributed by atoms with E-state index in [4.69, 9.17) is 34.4 Å². The molecular weight excluding hydrogens is 823 g/mol. The molecule has 9 amide bonds. The van der Waals surface area contributed by atoms with Gasteiger partial charge in [-0.25, -0.2) is 0 Å². The number of rotatable bonds is 25. The molecule has 0 aromatic carbocycles. The van der Waals surface area contributed by atoms with Gasteiger partial charge in [0.25, 0.3) is 0 Å². The second kappa shape index (κ2) is 26.3. The van der Waals surface area contributed by atoms with E-state index < -0.39 is 83.5 Å². The van der Waals surface area contributed by atoms with Gasteiger partial charge in [0.05, 0.1) is 6.54 Å². The lowest BCUT2D eigenvalue weighted by atomic mass is 9.84. The number of carbonyl (C=O) groups excluding carboxylic acids is 9. The number of hydrogen-bond donors (Lipinski definition) is 12. The molecule has 0 aromatic heterocycles. The monoisotopic (exact) mass is 890 g/mol. The van der Waals surface area contributed by atoms with E-state index in [2.05, 4.69) is 41.9 Å². The molecule has 3 rings (SSSR count). The van der Waals surface area contributed by atoms with Gasteiger partial charge in [-0.1, -0.05) is 32.1 Å². The molecule has 0 bridgehead atoms. The number of hydrogen-bond acceptors (Lipinski definition) is 11. The van der Waals surface area contributed by atoms with Crippen LogP contribution >= 0.6 is 0 Å². The molecule has 24 heteroatoms. The van der Waals surface area contributed by atoms with Crippen LogP contribution in [-0.2, 0) is 43.2 Å². The number of nitrogens with one attached hydrogen (secondary N) is 6. The normalized spacial score (nSPS) is 19.7. The number of amides is 9. The number of carbonyl (C=O) groups is 9. The van der Waals surface area contributed by atoms with Crippen LogP contribution < -0.4 is 66.3 Å². The smallest absolute Gasteiger partial charge is 0.245 e. The SMILES string of the molecule is NC(=O)CC[C@H](NC(=O)[C@H](CCCN=C(N)N)NC(=O)[C@H](CCCN=C(N)N)NC(=O)[C@@H]1CCC(=O)N1)C(=O)N[C@@H](CC1CCCCC1)C(=O)N[C@H]1CCCCN(CC(N)=O)C1=O. The lowest BCUT2D eigenvalue weighted by Crippen LogP contribution is -2.60. The largest absolute Gasteiger partial charge is 0.370 e. The predicted molar refractivity (Wildman–Crippen MR) is 230 cm³/mol. The first-order valence-corrected chi connectivity index (χ1v) is 21.7. The zero-order chi connectivity index (χ0) is 46.5. The summed E-state index contributed by atoms with van der Waals surface area (Å²) in [5, 5.41) is 16.0. The Labute approximate surface area is 366 Å². The van der Waals surface area contributed by atoms with Crippen molar-refractivity contribution in [2.75, 3.05) is 26.2 Å². The summed E-state index contributed by atoms with van der Waals surface area (Å²) in [6, 6.07) is -7.00. The Balaban J connectivity index is 1.87. The first-order valence-electron chi connectivity index (χ1n) is 21.7. The maximum absolute atomic E-state index is 14.2. The van der Waals surface area contributed by atoms with Gasteiger partial charge in [0, 0.05) is 32.5 Å². The molecule has 352 valence electrons. The van der Waals surface area contributed by atoms with Gasteiger partial charge < -0.3 is 71.2 Å². The molecule has 24 nitrogen and oxygen atoms in total. The van der Waals surface area contributed by atoms with E-state index >= 15 is 0 Å². The predicted octanol–water partition coefficient (Wildman–Crippen LogP) is -4.47. The van der Waals surface area contributed by atoms with Crippen molar-refractivity contribution >= 4 is 65.1 Å². The number of likely N-dealkylation sites (tertiary alicyclic amines) is 1. The second-order valence-corrected chi connectivity index (χ2v) is 16.3. The van der Waals surface area contributed by atoms with Gasteiger partial charge in [0.15, 0.2) is 11.9 Å². The number of nitrogens with zero attached hydrogens (tertiary/aromatic N) is 3. The van der Waals surface area contributed by atoms with Crippen molar-refractivity contribution < 1.29 is 43.2 Å². The number of aliphatic imine (C=N–C) groups is 2. The molecule has 3 aliphatic rings. The zero-order valence-electron chi connectivity index (χ0n) is 35.9. The van der Waals surface area contributed by atoms with Gasteiger partial charge in [-0.05, 0) is 70.1 Å². The van der Waals surface area contributed by atoms with Gasteiger partial charge in [-0.15, -0.1) is 0 Å². The fraction of sp³-hybridized carbons (Fsp3) is 0.718. The van der Waals surface area contributed by atoms with E-state index in [1.165, 1.54) is 4.90 Å². The maximum Gasteiger partial charge on any atom is 0.245 e. The van der Waals surface area contributed by atoms with Crippen molar-refractivity contribution in [2.24, 2.45) is 50.3 Å². The average molecular weight is 890 g/mol. The Bertz CT molecular complexity index is 1700. The van der Waals surface area contributed by atoms with E-state index in [0.29, 0.717) is 25.8 Å². The summed E-state index contributed by atoms with van der Waals surface area (Å²) in [6.45, 7) is 0.169. The third kappa shape index (κ3) is 18.7. The number of primary amides is 2. The second-order valence-electron chi connectivity index (χ2n) is 16.3. The lowest BCUT2D eigenvalue weighted by Gasteiger charge is -2.30. The van der Waals surface area contributed by atoms with Crippen LogP contribution in [0.15, 0.2) is 9.98 Å². The van der Waals surface area contributed by atoms with Crippen molar-refractivity contribution in [1.29, 1.82) is 0 Å². The summed E-state index contributed by atoms with van der Waals surface area (Å²) < 4.78 is 0. The summed E-state index contributed by atoms with van der Waals surface area (Å²) >= 11 is 0. The molecule has 1 aliphatic carbocycles. The van der Waals surface area contributed by atoms with E-state index in [1.54, 1.807) is 0 Å². The molecule has 0 unspecified atom stereocenters. The van der Waals surface area contributed by atoms with Crippen molar-refractivity contribution in [3.05, 3.63) is 0 Å². The minimum atomic E-state index is -1.43. The molecule has 2 heterocycles. The maximum atomic E-state index is 14.2. The van der Waals surface area contributed by atoms with Crippen LogP contribution in [0.3, 0.4) is 0 Å². The highest BCUT2D eigenvalue weighted by atomic mass is 16.2. The first-order chi connectivity index (χ1) is 29.9. The van der Waals surface area contributed by atoms with Crippen molar-refractivity contribution in [2.45, 2.75) is 145 Å². The summed E-state index contributed by atoms with van der Waals surface area (Å²) in [4.78, 5) is 127. The summed E-state index contributed by atoms with van der Waals surface area (Å²) in [6.07, 6.45) is 6.33. The molecule has 1 saturated carbocycles. The minimum absolute atomic E-state index is 0.0288. The number of guanidine groups is 2. The topological polar surface area (TPSA) is 410 Å². The Kier molecular flexibility index (Phi) is 21.3. The standard InChI is InChI=1S/C39H67N15O9/c40-29(55)15-13-26(35(61)53-28(20-22-8-2-1-3-9-22)36(62)52-27-10-4-5-19-54(37(27)63)21-30(41)56)51-33(59)24(12-7-18-47-39(44)45)49-32(58)23(11-6-17-46-38(42)43)50-34(60)25-14-16-31(57)48-25/h22-28H,1-21H2,(H2,40,55)(H2,41,56)(H,48,57)(H,49,58)(H,50,60)(H,51,59)(H,52,62)(H,53,61)(H4,42,43,46)(H4,44,45,47)/t23-,24-,25-,26-,27-,28-/m0/s1. The first kappa shape index (κ1) is 51.1. The van der Waals surface area contributed by atoms with Crippen LogP contribution in [0.5, 0.6) is 0 Å². The van der Waals surface area contributed by atoms with Crippen LogP contribution in [0.4, 0.5) is 0 Å². The highest BCUT2D eigenvalue weighted by Gasteiger charge is 2.36. The Morgan fingerprint density at radius 1 is 0.635 bits per heavy atom. The number of nitrogens with two attached hydrogens (primary N) is 6. The molecule has 18 N–H and O–H groups in total. The van der Waals surface area contributed by atoms with Gasteiger partial charge in [0.2, 0.25) is 53.2 Å². The van der Waals surface area contributed by atoms with E-state index in [0.717, 1.165) is 32.1 Å². The zero-order valence-corrected chi connectivity index (χ0v) is 35.9. The molecule has 0 aromatic rings. The highest BCUT2D eigenvalue weighted by Crippen LogP contribution is 2.28. The third-order valence-corrected chi connectivity index (χ3v) is 11.2. The van der Waals surface area contributed by atoms with Crippen molar-refractivity contribution in [1.82, 2.24) is 36.8 Å². The summed E-state index contributed by atoms with van der Waals surface area (Å²) in [5.74, 6) is -6.27. The highest BCUT2D eigenvalue weighted by molar-refractivity contribution is 5.98. The van der Waals surface area contributed by atoms with Gasteiger partial charge in [0.1, 0.15) is 36.3 Å². The van der Waals surface area contributed by atoms with Crippen LogP contribution in [-0.4, -0.2) is 132 Å². The van der Waals surface area contributed by atoms with Crippen molar-refractivity contribution in [3.8, 4) is 0 Å². The molecule has 3 fully saturated rings. The molecule has 0 radical (unpaired) electrons. The summed E-state index contributed by atoms with van der Waals surface area (Å²) in [7, 11) is 0. The molecule has 2 saturated heterocycles. The third-order valence-electron chi connectivity index (χ3n) is 11.2. The summed E-state index contributed by atoms with van der Waals surface area (Å²) in [5.41, 5.74) is 32.7. The molecule has 63 heavy (non-hydrogen) atoms. The quantitative estimate of drug-likeness (QED) is 0.0234. The van der Waals surface area contributed by atoms with Gasteiger partial charge in [-0.2, -0.15) is 0 Å². The fourth-order valence-electron chi connectivity index (χ4n) is 7.84. The van der Waals surface area contributed by atoms with Crippen LogP contribution in [0.1, 0.15) is 109 Å². The van der Waals surface area contributed by atoms with E-state index in [9.17, 15) is 43.2 Å². The Morgan fingerprint density at radius 3 is 1.70 bits per heavy atom. The van der Waals surface area contributed by atoms with Crippen LogP contribution in [0.2, 0.25) is 0 Å². The van der Waals surface area contributed by atoms with Crippen LogP contribution in [0.25, 0.3) is 0 Å². The Morgan fingerprint density at radius 2 is 1.17 bits per heavy atom. The molecular formula is C39H67N15O9. The van der Waals surface area contributed by atoms with E-state index in [1.807, 2.05) is 0 Å². The van der Waals surface area contributed by atoms with Gasteiger partial charge >= 0.3 is 0 Å². The Hall–Kier alpha value is -6.23. The molecule has 2 aliphatic heterocycles. The van der Waals surface area contributed by atoms with E-state index in [-0.39, 0.29) is 101 Å². The molecule has 0 spiro atoms. The van der Waals surface area contributed by atoms with Gasteiger partial charge in [-0.3, -0.25) is 53.1 Å². The minimum Gasteiger partial charge on any atom is -0.370 e. The van der Waals surface area contributed by atoms with Crippen LogP contribution in [0, 0.1) is 5.92 Å². The van der Waals surface area contributed by atoms with Crippen molar-refractivity contribution in [3.63, 3.8) is 0 Å².